The van der Waals surface area contributed by atoms with E-state index in [1.807, 2.05) is 0 Å². The van der Waals surface area contributed by atoms with Gasteiger partial charge in [-0.05, 0) is 67.1 Å². The van der Waals surface area contributed by atoms with Gasteiger partial charge in [-0.1, -0.05) is 46.9 Å². The molecule has 9 heteroatoms. The lowest BCUT2D eigenvalue weighted by Gasteiger charge is -2.16. The lowest BCUT2D eigenvalue weighted by atomic mass is 10.2. The predicted molar refractivity (Wildman–Crippen MR) is 128 cm³/mol. The van der Waals surface area contributed by atoms with E-state index in [9.17, 15) is 14.4 Å². The molecular weight excluding hydrogens is 487 g/mol. The summed E-state index contributed by atoms with van der Waals surface area (Å²) in [5.74, 6) is -1.48. The normalized spacial score (nSPS) is 13.5. The third kappa shape index (κ3) is 4.59. The van der Waals surface area contributed by atoms with Crippen LogP contribution in [0.2, 0.25) is 10.0 Å². The monoisotopic (exact) mass is 500 g/mol. The molecule has 6 nitrogen and oxygen atoms in total. The van der Waals surface area contributed by atoms with Gasteiger partial charge in [-0.3, -0.25) is 9.59 Å². The Hall–Kier alpha value is -3.32. The molecule has 166 valence electrons. The highest BCUT2D eigenvalue weighted by atomic mass is 35.5. The number of ether oxygens (including phenoxy) is 1. The molecule has 1 aliphatic rings. The first-order valence-electron chi connectivity index (χ1n) is 9.65. The number of para-hydroxylation sites is 1. The Kier molecular flexibility index (Phi) is 6.42. The van der Waals surface area contributed by atoms with Gasteiger partial charge in [-0.15, -0.1) is 0 Å². The number of nitrogens with one attached hydrogen (secondary N) is 1. The molecule has 33 heavy (non-hydrogen) atoms. The minimum Gasteiger partial charge on any atom is -0.423 e. The topological polar surface area (TPSA) is 75.7 Å². The van der Waals surface area contributed by atoms with E-state index >= 15 is 0 Å². The van der Waals surface area contributed by atoms with Crippen LogP contribution in [0.15, 0.2) is 77.5 Å². The van der Waals surface area contributed by atoms with E-state index in [0.717, 1.165) is 10.5 Å². The van der Waals surface area contributed by atoms with Gasteiger partial charge in [-0.25, -0.2) is 9.69 Å². The van der Waals surface area contributed by atoms with Crippen molar-refractivity contribution in [2.45, 2.75) is 6.92 Å². The molecule has 0 saturated carbocycles. The maximum atomic E-state index is 12.9. The molecule has 0 radical (unpaired) electrons. The number of hydrogen-bond acceptors (Lipinski definition) is 5. The largest absolute Gasteiger partial charge is 0.423 e. The Balaban J connectivity index is 1.49. The fourth-order valence-electron chi connectivity index (χ4n) is 3.18. The van der Waals surface area contributed by atoms with Crippen LogP contribution in [0.3, 0.4) is 0 Å². The molecule has 3 aromatic carbocycles. The number of hydrogen-bond donors (Lipinski definition) is 1. The van der Waals surface area contributed by atoms with E-state index in [1.165, 1.54) is 12.1 Å². The predicted octanol–water partition coefficient (Wildman–Crippen LogP) is 5.96. The Morgan fingerprint density at radius 3 is 2.27 bits per heavy atom. The standard InChI is InChI=1S/C24H15Cl3N2O4/c1-13-12-15(25)8-11-19(13)33-24(32)14-6-9-16(10-7-14)28-21-20(27)22(30)29(23(21)31)18-5-3-2-4-17(18)26/h2-12,28H,1H3. The molecule has 4 rings (SSSR count). The Morgan fingerprint density at radius 2 is 1.61 bits per heavy atom. The summed E-state index contributed by atoms with van der Waals surface area (Å²) in [5, 5.41) is 3.37. The molecule has 1 aliphatic heterocycles. The lowest BCUT2D eigenvalue weighted by Crippen LogP contribution is -2.32. The number of imide groups is 1. The Bertz CT molecular complexity index is 1320. The molecule has 0 spiro atoms. The van der Waals surface area contributed by atoms with E-state index < -0.39 is 17.8 Å². The fourth-order valence-corrected chi connectivity index (χ4v) is 3.84. The van der Waals surface area contributed by atoms with Crippen molar-refractivity contribution in [2.75, 3.05) is 10.2 Å². The summed E-state index contributed by atoms with van der Waals surface area (Å²) in [6, 6.07) is 17.6. The smallest absolute Gasteiger partial charge is 0.343 e. The molecule has 1 N–H and O–H groups in total. The summed E-state index contributed by atoms with van der Waals surface area (Å²) in [4.78, 5) is 38.8. The SMILES string of the molecule is Cc1cc(Cl)ccc1OC(=O)c1ccc(NC2=C(Cl)C(=O)N(c3ccccc3Cl)C2=O)cc1. The van der Waals surface area contributed by atoms with Crippen LogP contribution in [0.25, 0.3) is 0 Å². The second-order valence-corrected chi connectivity index (χ2v) is 8.31. The highest BCUT2D eigenvalue weighted by Crippen LogP contribution is 2.34. The summed E-state index contributed by atoms with van der Waals surface area (Å²) in [5.41, 5.74) is 1.61. The first kappa shape index (κ1) is 22.9. The summed E-state index contributed by atoms with van der Waals surface area (Å²) >= 11 is 18.2. The minimum atomic E-state index is -0.684. The van der Waals surface area contributed by atoms with Crippen molar-refractivity contribution < 1.29 is 19.1 Å². The van der Waals surface area contributed by atoms with Crippen molar-refractivity contribution in [3.8, 4) is 5.75 Å². The molecule has 0 aliphatic carbocycles. The van der Waals surface area contributed by atoms with Gasteiger partial charge in [-0.2, -0.15) is 0 Å². The van der Waals surface area contributed by atoms with Crippen molar-refractivity contribution in [1.82, 2.24) is 0 Å². The fraction of sp³-hybridized carbons (Fsp3) is 0.0417. The quantitative estimate of drug-likeness (QED) is 0.265. The minimum absolute atomic E-state index is 0.0892. The van der Waals surface area contributed by atoms with Crippen molar-refractivity contribution >= 4 is 64.0 Å². The maximum Gasteiger partial charge on any atom is 0.343 e. The van der Waals surface area contributed by atoms with Gasteiger partial charge in [0.05, 0.1) is 16.3 Å². The zero-order valence-electron chi connectivity index (χ0n) is 17.1. The third-order valence-electron chi connectivity index (χ3n) is 4.85. The van der Waals surface area contributed by atoms with E-state index in [2.05, 4.69) is 5.32 Å². The molecule has 0 atom stereocenters. The van der Waals surface area contributed by atoms with Crippen molar-refractivity contribution in [3.05, 3.63) is 98.6 Å². The lowest BCUT2D eigenvalue weighted by molar-refractivity contribution is -0.120. The average molecular weight is 502 g/mol. The number of benzene rings is 3. The summed E-state index contributed by atoms with van der Waals surface area (Å²) in [7, 11) is 0. The van der Waals surface area contributed by atoms with Gasteiger partial charge >= 0.3 is 5.97 Å². The summed E-state index contributed by atoms with van der Waals surface area (Å²) in [6.45, 7) is 1.78. The van der Waals surface area contributed by atoms with Gasteiger partial charge in [0.15, 0.2) is 0 Å². The van der Waals surface area contributed by atoms with E-state index in [0.29, 0.717) is 22.0 Å². The van der Waals surface area contributed by atoms with Gasteiger partial charge in [0, 0.05) is 10.7 Å². The third-order valence-corrected chi connectivity index (χ3v) is 5.76. The number of halogens is 3. The van der Waals surface area contributed by atoms with Gasteiger partial charge in [0.25, 0.3) is 11.8 Å². The number of amides is 2. The molecule has 0 saturated heterocycles. The molecule has 0 aromatic heterocycles. The molecule has 0 fully saturated rings. The summed E-state index contributed by atoms with van der Waals surface area (Å²) < 4.78 is 5.42. The highest BCUT2D eigenvalue weighted by molar-refractivity contribution is 6.53. The van der Waals surface area contributed by atoms with Crippen LogP contribution in [-0.4, -0.2) is 17.8 Å². The van der Waals surface area contributed by atoms with Crippen LogP contribution in [0.5, 0.6) is 5.75 Å². The first-order valence-corrected chi connectivity index (χ1v) is 10.8. The van der Waals surface area contributed by atoms with Crippen LogP contribution < -0.4 is 15.0 Å². The second kappa shape index (κ2) is 9.27. The number of anilines is 2. The number of carbonyl (C=O) groups excluding carboxylic acids is 3. The van der Waals surface area contributed by atoms with E-state index in [-0.39, 0.29) is 21.4 Å². The van der Waals surface area contributed by atoms with E-state index in [4.69, 9.17) is 39.5 Å². The molecule has 0 bridgehead atoms. The second-order valence-electron chi connectivity index (χ2n) is 7.09. The van der Waals surface area contributed by atoms with Crippen LogP contribution in [0.1, 0.15) is 15.9 Å². The zero-order valence-corrected chi connectivity index (χ0v) is 19.3. The van der Waals surface area contributed by atoms with Crippen LogP contribution in [0.4, 0.5) is 11.4 Å². The molecular formula is C24H15Cl3N2O4. The first-order chi connectivity index (χ1) is 15.8. The molecule has 0 unspecified atom stereocenters. The van der Waals surface area contributed by atoms with Crippen LogP contribution >= 0.6 is 34.8 Å². The molecule has 1 heterocycles. The highest BCUT2D eigenvalue weighted by Gasteiger charge is 2.39. The van der Waals surface area contributed by atoms with Crippen LogP contribution in [-0.2, 0) is 9.59 Å². The number of nitrogens with zero attached hydrogens (tertiary/aromatic N) is 1. The van der Waals surface area contributed by atoms with Crippen molar-refractivity contribution in [2.24, 2.45) is 0 Å². The zero-order chi connectivity index (χ0) is 23.7. The van der Waals surface area contributed by atoms with Gasteiger partial charge in [0.2, 0.25) is 0 Å². The average Bonchev–Trinajstić information content (AvgIpc) is 3.00. The Labute approximate surface area is 204 Å². The Morgan fingerprint density at radius 1 is 0.909 bits per heavy atom. The summed E-state index contributed by atoms with van der Waals surface area (Å²) in [6.07, 6.45) is 0. The van der Waals surface area contributed by atoms with Gasteiger partial charge < -0.3 is 10.1 Å². The van der Waals surface area contributed by atoms with Crippen LogP contribution in [0, 0.1) is 6.92 Å². The van der Waals surface area contributed by atoms with Gasteiger partial charge in [0.1, 0.15) is 16.5 Å². The van der Waals surface area contributed by atoms with E-state index in [1.54, 1.807) is 61.5 Å². The number of aryl methyl sites for hydroxylation is 1. The van der Waals surface area contributed by atoms with Crippen molar-refractivity contribution in [1.29, 1.82) is 0 Å². The molecule has 2 amide bonds. The number of esters is 1. The molecule has 3 aromatic rings. The number of rotatable bonds is 5. The maximum absolute atomic E-state index is 12.9. The van der Waals surface area contributed by atoms with Crippen molar-refractivity contribution in [3.63, 3.8) is 0 Å². The number of carbonyl (C=O) groups is 3.